The van der Waals surface area contributed by atoms with E-state index in [-0.39, 0.29) is 5.41 Å². The fraction of sp³-hybridized carbons (Fsp3) is 0.750. The van der Waals surface area contributed by atoms with Gasteiger partial charge in [-0.3, -0.25) is 0 Å². The Morgan fingerprint density at radius 3 is 2.50 bits per heavy atom. The molecular weight excluding hydrogens is 206 g/mol. The molecule has 0 aliphatic carbocycles. The molecule has 0 atom stereocenters. The van der Waals surface area contributed by atoms with E-state index in [0.717, 1.165) is 0 Å². The van der Waals surface area contributed by atoms with E-state index in [2.05, 4.69) is 17.2 Å². The molecule has 16 heavy (non-hydrogen) atoms. The number of nitrogens with one attached hydrogen (secondary N) is 1. The topological polar surface area (TPSA) is 47.6 Å². The Balaban J connectivity index is 2.63. The Hall–Kier alpha value is -1.21. The molecule has 90 valence electrons. The van der Waals surface area contributed by atoms with Crippen LogP contribution in [0.4, 0.5) is 4.79 Å². The highest BCUT2D eigenvalue weighted by atomic mass is 16.6. The molecule has 1 aliphatic rings. The molecule has 4 heteroatoms. The fourth-order valence-corrected chi connectivity index (χ4v) is 1.10. The van der Waals surface area contributed by atoms with E-state index in [1.807, 2.05) is 27.7 Å². The van der Waals surface area contributed by atoms with Gasteiger partial charge < -0.3 is 14.8 Å². The van der Waals surface area contributed by atoms with Crippen molar-refractivity contribution >= 4 is 6.09 Å². The summed E-state index contributed by atoms with van der Waals surface area (Å²) in [5.41, 5.74) is -0.848. The molecule has 0 saturated carbocycles. The van der Waals surface area contributed by atoms with Crippen molar-refractivity contribution in [1.29, 1.82) is 0 Å². The predicted octanol–water partition coefficient (Wildman–Crippen LogP) is 1.55. The maximum absolute atomic E-state index is 11.3. The molecule has 0 aromatic carbocycles. The SMILES string of the molecule is CCNC(=O)OC1(C#CC(C)(C)C)COC1. The van der Waals surface area contributed by atoms with E-state index >= 15 is 0 Å². The number of ether oxygens (including phenoxy) is 2. The van der Waals surface area contributed by atoms with Crippen LogP contribution in [-0.2, 0) is 9.47 Å². The Morgan fingerprint density at radius 2 is 2.12 bits per heavy atom. The van der Waals surface area contributed by atoms with Crippen LogP contribution in [0.2, 0.25) is 0 Å². The molecule has 0 radical (unpaired) electrons. The quantitative estimate of drug-likeness (QED) is 0.725. The molecule has 1 rings (SSSR count). The lowest BCUT2D eigenvalue weighted by Gasteiger charge is -2.36. The molecule has 4 nitrogen and oxygen atoms in total. The standard InChI is InChI=1S/C12H19NO3/c1-5-13-10(14)16-12(8-15-9-12)7-6-11(2,3)4/h5,8-9H2,1-4H3,(H,13,14). The van der Waals surface area contributed by atoms with Gasteiger partial charge >= 0.3 is 6.09 Å². The molecule has 1 N–H and O–H groups in total. The third-order valence-electron chi connectivity index (χ3n) is 1.94. The van der Waals surface area contributed by atoms with Crippen LogP contribution in [0.3, 0.4) is 0 Å². The van der Waals surface area contributed by atoms with Gasteiger partial charge in [0.15, 0.2) is 0 Å². The molecule has 1 amide bonds. The van der Waals surface area contributed by atoms with Crippen molar-refractivity contribution in [3.05, 3.63) is 0 Å². The molecule has 0 aromatic rings. The highest BCUT2D eigenvalue weighted by molar-refractivity contribution is 5.68. The summed E-state index contributed by atoms with van der Waals surface area (Å²) in [6.45, 7) is 9.13. The van der Waals surface area contributed by atoms with Gasteiger partial charge in [-0.15, -0.1) is 0 Å². The molecular formula is C12H19NO3. The Labute approximate surface area is 96.7 Å². The van der Waals surface area contributed by atoms with Crippen molar-refractivity contribution in [3.8, 4) is 11.8 Å². The van der Waals surface area contributed by atoms with Gasteiger partial charge in [-0.05, 0) is 33.6 Å². The minimum atomic E-state index is -0.744. The zero-order valence-corrected chi connectivity index (χ0v) is 10.3. The maximum Gasteiger partial charge on any atom is 0.408 e. The van der Waals surface area contributed by atoms with E-state index < -0.39 is 11.7 Å². The summed E-state index contributed by atoms with van der Waals surface area (Å²) in [6, 6.07) is 0. The highest BCUT2D eigenvalue weighted by Crippen LogP contribution is 2.22. The maximum atomic E-state index is 11.3. The second kappa shape index (κ2) is 4.75. The highest BCUT2D eigenvalue weighted by Gasteiger charge is 2.41. The molecule has 1 heterocycles. The van der Waals surface area contributed by atoms with Gasteiger partial charge in [0.05, 0.1) is 0 Å². The van der Waals surface area contributed by atoms with E-state index in [1.54, 1.807) is 0 Å². The molecule has 0 bridgehead atoms. The van der Waals surface area contributed by atoms with E-state index in [1.165, 1.54) is 0 Å². The van der Waals surface area contributed by atoms with Crippen molar-refractivity contribution in [2.75, 3.05) is 19.8 Å². The van der Waals surface area contributed by atoms with Gasteiger partial charge in [0, 0.05) is 12.0 Å². The van der Waals surface area contributed by atoms with Crippen LogP contribution >= 0.6 is 0 Å². The van der Waals surface area contributed by atoms with Crippen molar-refractivity contribution in [2.24, 2.45) is 5.41 Å². The molecule has 0 spiro atoms. The van der Waals surface area contributed by atoms with Crippen LogP contribution < -0.4 is 5.32 Å². The molecule has 1 aliphatic heterocycles. The van der Waals surface area contributed by atoms with Crippen molar-refractivity contribution in [3.63, 3.8) is 0 Å². The van der Waals surface area contributed by atoms with Crippen LogP contribution in [0, 0.1) is 17.3 Å². The van der Waals surface area contributed by atoms with E-state index in [4.69, 9.17) is 9.47 Å². The minimum Gasteiger partial charge on any atom is -0.425 e. The van der Waals surface area contributed by atoms with Gasteiger partial charge in [-0.1, -0.05) is 5.92 Å². The number of hydrogen-bond donors (Lipinski definition) is 1. The van der Waals surface area contributed by atoms with Gasteiger partial charge in [0.25, 0.3) is 0 Å². The van der Waals surface area contributed by atoms with Gasteiger partial charge in [0.1, 0.15) is 13.2 Å². The number of hydrogen-bond acceptors (Lipinski definition) is 3. The summed E-state index contributed by atoms with van der Waals surface area (Å²) >= 11 is 0. The monoisotopic (exact) mass is 225 g/mol. The molecule has 1 fully saturated rings. The normalized spacial score (nSPS) is 17.8. The summed E-state index contributed by atoms with van der Waals surface area (Å²) in [6.07, 6.45) is -0.436. The number of rotatable bonds is 2. The molecule has 1 saturated heterocycles. The van der Waals surface area contributed by atoms with Gasteiger partial charge in [0.2, 0.25) is 5.60 Å². The summed E-state index contributed by atoms with van der Waals surface area (Å²) in [4.78, 5) is 11.3. The Kier molecular flexibility index (Phi) is 3.82. The zero-order chi connectivity index (χ0) is 12.2. The van der Waals surface area contributed by atoms with Crippen molar-refractivity contribution in [2.45, 2.75) is 33.3 Å². The number of carbonyl (C=O) groups is 1. The number of carbonyl (C=O) groups excluding carboxylic acids is 1. The average molecular weight is 225 g/mol. The summed E-state index contributed by atoms with van der Waals surface area (Å²) < 4.78 is 10.3. The van der Waals surface area contributed by atoms with Crippen molar-refractivity contribution in [1.82, 2.24) is 5.32 Å². The first kappa shape index (κ1) is 12.9. The fourth-order valence-electron chi connectivity index (χ4n) is 1.10. The second-order valence-electron chi connectivity index (χ2n) is 4.91. The number of amides is 1. The third-order valence-corrected chi connectivity index (χ3v) is 1.94. The van der Waals surface area contributed by atoms with Crippen LogP contribution in [0.15, 0.2) is 0 Å². The second-order valence-corrected chi connectivity index (χ2v) is 4.91. The predicted molar refractivity (Wildman–Crippen MR) is 60.9 cm³/mol. The summed E-state index contributed by atoms with van der Waals surface area (Å²) in [5.74, 6) is 6.08. The van der Waals surface area contributed by atoms with Crippen molar-refractivity contribution < 1.29 is 14.3 Å². The van der Waals surface area contributed by atoms with E-state index in [0.29, 0.717) is 19.8 Å². The van der Waals surface area contributed by atoms with Crippen LogP contribution in [0.5, 0.6) is 0 Å². The third kappa shape index (κ3) is 3.74. The number of alkyl carbamates (subject to hydrolysis) is 1. The lowest BCUT2D eigenvalue weighted by molar-refractivity contribution is -0.143. The zero-order valence-electron chi connectivity index (χ0n) is 10.3. The lowest BCUT2D eigenvalue weighted by atomic mass is 9.94. The van der Waals surface area contributed by atoms with Crippen LogP contribution in [0.25, 0.3) is 0 Å². The van der Waals surface area contributed by atoms with Gasteiger partial charge in [-0.25, -0.2) is 4.79 Å². The minimum absolute atomic E-state index is 0.104. The van der Waals surface area contributed by atoms with Crippen LogP contribution in [0.1, 0.15) is 27.7 Å². The summed E-state index contributed by atoms with van der Waals surface area (Å²) in [5, 5.41) is 2.58. The van der Waals surface area contributed by atoms with E-state index in [9.17, 15) is 4.79 Å². The first-order chi connectivity index (χ1) is 7.37. The summed E-state index contributed by atoms with van der Waals surface area (Å²) in [7, 11) is 0. The lowest BCUT2D eigenvalue weighted by Crippen LogP contribution is -2.53. The Bertz CT molecular complexity index is 315. The first-order valence-electron chi connectivity index (χ1n) is 5.46. The smallest absolute Gasteiger partial charge is 0.408 e. The largest absolute Gasteiger partial charge is 0.425 e. The molecule has 0 unspecified atom stereocenters. The molecule has 0 aromatic heterocycles. The Morgan fingerprint density at radius 1 is 1.50 bits per heavy atom. The average Bonchev–Trinajstić information content (AvgIpc) is 2.08. The first-order valence-corrected chi connectivity index (χ1v) is 5.46. The van der Waals surface area contributed by atoms with Crippen LogP contribution in [-0.4, -0.2) is 31.5 Å². The van der Waals surface area contributed by atoms with Gasteiger partial charge in [-0.2, -0.15) is 0 Å².